The second-order valence-corrected chi connectivity index (χ2v) is 6.49. The van der Waals surface area contributed by atoms with Crippen LogP contribution in [-0.4, -0.2) is 41.4 Å². The number of aromatic nitrogens is 3. The third-order valence-corrected chi connectivity index (χ3v) is 4.71. The summed E-state index contributed by atoms with van der Waals surface area (Å²) in [4.78, 5) is 29.4. The van der Waals surface area contributed by atoms with Gasteiger partial charge in [-0.25, -0.2) is 0 Å². The number of ether oxygens (including phenoxy) is 2. The van der Waals surface area contributed by atoms with Gasteiger partial charge in [0.05, 0.1) is 19.9 Å². The van der Waals surface area contributed by atoms with Crippen LogP contribution in [0.1, 0.15) is 24.0 Å². The van der Waals surface area contributed by atoms with E-state index in [-0.39, 0.29) is 23.7 Å². The maximum Gasteiger partial charge on any atom is 0.267 e. The number of hydrogen-bond donors (Lipinski definition) is 1. The number of carbonyl (C=O) groups excluding carboxylic acids is 1. The molecule has 0 bridgehead atoms. The number of amides is 1. The lowest BCUT2D eigenvalue weighted by Crippen LogP contribution is -2.35. The van der Waals surface area contributed by atoms with E-state index in [1.54, 1.807) is 27.2 Å². The Kier molecular flexibility index (Phi) is 6.16. The molecule has 9 nitrogen and oxygen atoms in total. The van der Waals surface area contributed by atoms with E-state index >= 15 is 0 Å². The van der Waals surface area contributed by atoms with E-state index in [0.29, 0.717) is 47.8 Å². The highest BCUT2D eigenvalue weighted by molar-refractivity contribution is 5.78. The number of nitrogens with one attached hydrogen (secondary N) is 1. The van der Waals surface area contributed by atoms with Crippen molar-refractivity contribution in [2.75, 3.05) is 20.8 Å². The summed E-state index contributed by atoms with van der Waals surface area (Å²) in [6.07, 6.45) is 1.12. The van der Waals surface area contributed by atoms with E-state index in [9.17, 15) is 9.59 Å². The molecule has 0 spiro atoms. The zero-order valence-corrected chi connectivity index (χ0v) is 16.9. The average Bonchev–Trinajstić information content (AvgIpc) is 3.14. The molecular formula is C20H24N4O5. The van der Waals surface area contributed by atoms with Crippen LogP contribution in [0.2, 0.25) is 0 Å². The van der Waals surface area contributed by atoms with Crippen LogP contribution in [0.4, 0.5) is 0 Å². The molecule has 9 heteroatoms. The molecule has 0 fully saturated rings. The van der Waals surface area contributed by atoms with E-state index in [4.69, 9.17) is 14.0 Å². The van der Waals surface area contributed by atoms with Crippen molar-refractivity contribution in [3.63, 3.8) is 0 Å². The molecular weight excluding hydrogens is 376 g/mol. The highest BCUT2D eigenvalue weighted by Gasteiger charge is 2.18. The number of benzene rings is 1. The van der Waals surface area contributed by atoms with Crippen molar-refractivity contribution in [1.82, 2.24) is 20.0 Å². The van der Waals surface area contributed by atoms with Crippen LogP contribution in [0.15, 0.2) is 27.5 Å². The topological polar surface area (TPSA) is 108 Å². The summed E-state index contributed by atoms with van der Waals surface area (Å²) < 4.78 is 17.0. The van der Waals surface area contributed by atoms with Crippen LogP contribution < -0.4 is 20.3 Å². The first-order valence-corrected chi connectivity index (χ1v) is 9.31. The second-order valence-electron chi connectivity index (χ2n) is 6.49. The summed E-state index contributed by atoms with van der Waals surface area (Å²) >= 11 is 0. The SMILES string of the molecule is CCc1noc2nc(C)n(CC(=O)NCCc3ccc(OC)cc3OC)c(=O)c12. The number of nitrogens with zero attached hydrogens (tertiary/aromatic N) is 3. The molecule has 1 amide bonds. The van der Waals surface area contributed by atoms with Crippen LogP contribution >= 0.6 is 0 Å². The van der Waals surface area contributed by atoms with Gasteiger partial charge in [-0.2, -0.15) is 4.98 Å². The standard InChI is InChI=1S/C20H24N4O5/c1-5-15-18-19(29-23-15)22-12(2)24(20(18)26)11-17(25)21-9-8-13-6-7-14(27-3)10-16(13)28-4/h6-7,10H,5,8-9,11H2,1-4H3,(H,21,25). The van der Waals surface area contributed by atoms with Gasteiger partial charge in [-0.15, -0.1) is 0 Å². The fraction of sp³-hybridized carbons (Fsp3) is 0.400. The molecule has 29 heavy (non-hydrogen) atoms. The Morgan fingerprint density at radius 1 is 1.28 bits per heavy atom. The van der Waals surface area contributed by atoms with Crippen molar-refractivity contribution >= 4 is 17.0 Å². The predicted octanol–water partition coefficient (Wildman–Crippen LogP) is 1.63. The molecule has 154 valence electrons. The van der Waals surface area contributed by atoms with Crippen LogP contribution in [0.5, 0.6) is 11.5 Å². The third kappa shape index (κ3) is 4.23. The van der Waals surface area contributed by atoms with Gasteiger partial charge >= 0.3 is 0 Å². The maximum absolute atomic E-state index is 12.8. The first-order chi connectivity index (χ1) is 14.0. The monoisotopic (exact) mass is 400 g/mol. The molecule has 0 radical (unpaired) electrons. The van der Waals surface area contributed by atoms with Crippen LogP contribution in [0.3, 0.4) is 0 Å². The summed E-state index contributed by atoms with van der Waals surface area (Å²) in [5.41, 5.74) is 1.37. The van der Waals surface area contributed by atoms with Gasteiger partial charge in [0.1, 0.15) is 29.3 Å². The Morgan fingerprint density at radius 2 is 2.07 bits per heavy atom. The lowest BCUT2D eigenvalue weighted by Gasteiger charge is -2.12. The number of methoxy groups -OCH3 is 2. The maximum atomic E-state index is 12.8. The fourth-order valence-corrected chi connectivity index (χ4v) is 3.12. The normalized spacial score (nSPS) is 10.9. The zero-order chi connectivity index (χ0) is 21.0. The second kappa shape index (κ2) is 8.76. The number of aryl methyl sites for hydroxylation is 2. The molecule has 0 saturated heterocycles. The van der Waals surface area contributed by atoms with Crippen molar-refractivity contribution in [2.24, 2.45) is 0 Å². The van der Waals surface area contributed by atoms with Crippen molar-refractivity contribution < 1.29 is 18.8 Å². The van der Waals surface area contributed by atoms with E-state index in [2.05, 4.69) is 15.5 Å². The molecule has 0 aliphatic carbocycles. The predicted molar refractivity (Wildman–Crippen MR) is 106 cm³/mol. The lowest BCUT2D eigenvalue weighted by molar-refractivity contribution is -0.121. The van der Waals surface area contributed by atoms with Gasteiger partial charge in [0.15, 0.2) is 0 Å². The quantitative estimate of drug-likeness (QED) is 0.612. The zero-order valence-electron chi connectivity index (χ0n) is 16.9. The van der Waals surface area contributed by atoms with Crippen molar-refractivity contribution in [2.45, 2.75) is 33.2 Å². The Labute approximate surface area is 167 Å². The molecule has 0 aliphatic heterocycles. The Hall–Kier alpha value is -3.36. The number of rotatable bonds is 8. The summed E-state index contributed by atoms with van der Waals surface area (Å²) in [7, 11) is 3.18. The molecule has 0 unspecified atom stereocenters. The summed E-state index contributed by atoms with van der Waals surface area (Å²) in [6.45, 7) is 3.81. The molecule has 3 rings (SSSR count). The van der Waals surface area contributed by atoms with E-state index in [1.807, 2.05) is 19.1 Å². The summed E-state index contributed by atoms with van der Waals surface area (Å²) in [5.74, 6) is 1.51. The Bertz CT molecular complexity index is 1090. The van der Waals surface area contributed by atoms with Crippen molar-refractivity contribution in [1.29, 1.82) is 0 Å². The molecule has 2 heterocycles. The highest BCUT2D eigenvalue weighted by atomic mass is 16.5. The smallest absolute Gasteiger partial charge is 0.267 e. The third-order valence-electron chi connectivity index (χ3n) is 4.71. The Morgan fingerprint density at radius 3 is 2.76 bits per heavy atom. The number of hydrogen-bond acceptors (Lipinski definition) is 7. The summed E-state index contributed by atoms with van der Waals surface area (Å²) in [5, 5.41) is 7.04. The van der Waals surface area contributed by atoms with Gasteiger partial charge in [0.25, 0.3) is 11.3 Å². The minimum atomic E-state index is -0.322. The molecule has 0 aliphatic rings. The van der Waals surface area contributed by atoms with Gasteiger partial charge in [-0.1, -0.05) is 18.1 Å². The minimum absolute atomic E-state index is 0.123. The first kappa shape index (κ1) is 20.4. The lowest BCUT2D eigenvalue weighted by atomic mass is 10.1. The van der Waals surface area contributed by atoms with Crippen molar-refractivity contribution in [3.05, 3.63) is 45.6 Å². The van der Waals surface area contributed by atoms with Gasteiger partial charge in [-0.3, -0.25) is 14.2 Å². The van der Waals surface area contributed by atoms with E-state index < -0.39 is 0 Å². The van der Waals surface area contributed by atoms with E-state index in [1.165, 1.54) is 4.57 Å². The van der Waals surface area contributed by atoms with Crippen LogP contribution in [0.25, 0.3) is 11.1 Å². The van der Waals surface area contributed by atoms with Crippen molar-refractivity contribution in [3.8, 4) is 11.5 Å². The number of carbonyl (C=O) groups is 1. The molecule has 1 aromatic carbocycles. The molecule has 1 N–H and O–H groups in total. The van der Waals surface area contributed by atoms with Crippen LogP contribution in [0, 0.1) is 6.92 Å². The average molecular weight is 400 g/mol. The Balaban J connectivity index is 1.68. The van der Waals surface area contributed by atoms with E-state index in [0.717, 1.165) is 5.56 Å². The minimum Gasteiger partial charge on any atom is -0.497 e. The highest BCUT2D eigenvalue weighted by Crippen LogP contribution is 2.24. The largest absolute Gasteiger partial charge is 0.497 e. The van der Waals surface area contributed by atoms with Gasteiger partial charge < -0.3 is 19.3 Å². The van der Waals surface area contributed by atoms with Crippen LogP contribution in [-0.2, 0) is 24.2 Å². The first-order valence-electron chi connectivity index (χ1n) is 9.31. The van der Waals surface area contributed by atoms with Gasteiger partial charge in [-0.05, 0) is 31.4 Å². The molecule has 0 saturated carbocycles. The van der Waals surface area contributed by atoms with Gasteiger partial charge in [0.2, 0.25) is 5.91 Å². The fourth-order valence-electron chi connectivity index (χ4n) is 3.12. The molecule has 0 atom stereocenters. The number of fused-ring (bicyclic) bond motifs is 1. The summed E-state index contributed by atoms with van der Waals surface area (Å²) in [6, 6.07) is 5.54. The van der Waals surface area contributed by atoms with Gasteiger partial charge in [0, 0.05) is 12.6 Å². The molecule has 2 aromatic heterocycles. The molecule has 3 aromatic rings.